The summed E-state index contributed by atoms with van der Waals surface area (Å²) in [5.74, 6) is 0.0600. The Balaban J connectivity index is 2.10. The second-order valence-electron chi connectivity index (χ2n) is 6.79. The Morgan fingerprint density at radius 2 is 1.61 bits per heavy atom. The minimum absolute atomic E-state index is 0.256. The zero-order chi connectivity index (χ0) is 20.1. The zero-order valence-electron chi connectivity index (χ0n) is 16.6. The molecule has 1 aliphatic heterocycles. The molecule has 0 unspecified atom stereocenters. The van der Waals surface area contributed by atoms with Gasteiger partial charge in [-0.2, -0.15) is 0 Å². The minimum Gasteiger partial charge on any atom is -0.496 e. The molecular weight excluding hydrogens is 352 g/mol. The molecule has 0 atom stereocenters. The standard InChI is InChI=1S/C23H26N2O3/c1-4-5-11-16-25-22(26)20(18-14-9-10-15-19(18)28-3)21(23(25)27)24(2)17-12-7-6-8-13-17/h6-10,12-15H,4-5,11,16H2,1-3H3. The molecule has 0 saturated carbocycles. The van der Waals surface area contributed by atoms with Gasteiger partial charge < -0.3 is 9.64 Å². The number of unbranched alkanes of at least 4 members (excludes halogenated alkanes) is 2. The van der Waals surface area contributed by atoms with Crippen molar-refractivity contribution < 1.29 is 14.3 Å². The smallest absolute Gasteiger partial charge is 0.278 e. The number of anilines is 1. The van der Waals surface area contributed by atoms with Gasteiger partial charge in [-0.05, 0) is 24.6 Å². The van der Waals surface area contributed by atoms with Crippen LogP contribution in [0.5, 0.6) is 5.75 Å². The van der Waals surface area contributed by atoms with E-state index < -0.39 is 0 Å². The summed E-state index contributed by atoms with van der Waals surface area (Å²) in [6.45, 7) is 2.52. The van der Waals surface area contributed by atoms with Gasteiger partial charge in [0.1, 0.15) is 11.4 Å². The van der Waals surface area contributed by atoms with Crippen LogP contribution in [0.3, 0.4) is 0 Å². The third-order valence-electron chi connectivity index (χ3n) is 4.98. The number of ether oxygens (including phenoxy) is 1. The van der Waals surface area contributed by atoms with Gasteiger partial charge in [0.15, 0.2) is 0 Å². The fourth-order valence-corrected chi connectivity index (χ4v) is 3.47. The molecule has 0 radical (unpaired) electrons. The van der Waals surface area contributed by atoms with Crippen LogP contribution in [-0.2, 0) is 9.59 Å². The third kappa shape index (κ3) is 3.65. The monoisotopic (exact) mass is 378 g/mol. The predicted molar refractivity (Wildman–Crippen MR) is 111 cm³/mol. The molecule has 1 aliphatic rings. The van der Waals surface area contributed by atoms with Crippen molar-refractivity contribution in [2.75, 3.05) is 25.6 Å². The van der Waals surface area contributed by atoms with Crippen molar-refractivity contribution in [3.63, 3.8) is 0 Å². The Kier molecular flexibility index (Phi) is 6.14. The summed E-state index contributed by atoms with van der Waals surface area (Å²) in [6.07, 6.45) is 2.81. The summed E-state index contributed by atoms with van der Waals surface area (Å²) >= 11 is 0. The van der Waals surface area contributed by atoms with Crippen LogP contribution in [0.1, 0.15) is 31.7 Å². The van der Waals surface area contributed by atoms with Gasteiger partial charge in [0.2, 0.25) is 0 Å². The molecule has 3 rings (SSSR count). The van der Waals surface area contributed by atoms with Crippen LogP contribution in [0.15, 0.2) is 60.3 Å². The molecule has 2 amide bonds. The van der Waals surface area contributed by atoms with Crippen LogP contribution in [0.25, 0.3) is 5.57 Å². The number of methoxy groups -OCH3 is 1. The van der Waals surface area contributed by atoms with Gasteiger partial charge in [-0.25, -0.2) is 0 Å². The number of carbonyl (C=O) groups is 2. The molecule has 28 heavy (non-hydrogen) atoms. The average Bonchev–Trinajstić information content (AvgIpc) is 2.98. The van der Waals surface area contributed by atoms with Crippen molar-refractivity contribution in [2.24, 2.45) is 0 Å². The van der Waals surface area contributed by atoms with E-state index in [0.29, 0.717) is 29.1 Å². The first-order valence-corrected chi connectivity index (χ1v) is 9.62. The molecule has 0 aromatic heterocycles. The normalized spacial score (nSPS) is 14.0. The Bertz CT molecular complexity index is 890. The second kappa shape index (κ2) is 8.74. The summed E-state index contributed by atoms with van der Waals surface area (Å²) in [6, 6.07) is 16.9. The molecule has 146 valence electrons. The van der Waals surface area contributed by atoms with E-state index in [4.69, 9.17) is 4.74 Å². The molecular formula is C23H26N2O3. The molecule has 0 N–H and O–H groups in total. The number of amides is 2. The van der Waals surface area contributed by atoms with Crippen molar-refractivity contribution in [1.29, 1.82) is 0 Å². The maximum atomic E-state index is 13.3. The third-order valence-corrected chi connectivity index (χ3v) is 4.98. The van der Waals surface area contributed by atoms with Crippen molar-refractivity contribution in [2.45, 2.75) is 26.2 Å². The predicted octanol–water partition coefficient (Wildman–Crippen LogP) is 4.10. The van der Waals surface area contributed by atoms with Crippen molar-refractivity contribution in [3.05, 3.63) is 65.9 Å². The molecule has 0 saturated heterocycles. The van der Waals surface area contributed by atoms with Crippen molar-refractivity contribution in [1.82, 2.24) is 4.90 Å². The first-order valence-electron chi connectivity index (χ1n) is 9.62. The maximum absolute atomic E-state index is 13.3. The van der Waals surface area contributed by atoms with Gasteiger partial charge in [-0.3, -0.25) is 14.5 Å². The van der Waals surface area contributed by atoms with E-state index in [2.05, 4.69) is 6.92 Å². The second-order valence-corrected chi connectivity index (χ2v) is 6.79. The summed E-state index contributed by atoms with van der Waals surface area (Å²) < 4.78 is 5.47. The Morgan fingerprint density at radius 3 is 2.29 bits per heavy atom. The van der Waals surface area contributed by atoms with E-state index in [1.54, 1.807) is 18.1 Å². The fourth-order valence-electron chi connectivity index (χ4n) is 3.47. The highest BCUT2D eigenvalue weighted by molar-refractivity contribution is 6.37. The van der Waals surface area contributed by atoms with Gasteiger partial charge in [-0.1, -0.05) is 56.2 Å². The molecule has 5 nitrogen and oxygen atoms in total. The minimum atomic E-state index is -0.261. The van der Waals surface area contributed by atoms with Crippen LogP contribution in [0.2, 0.25) is 0 Å². The summed E-state index contributed by atoms with van der Waals surface area (Å²) in [5, 5.41) is 0. The Hall–Kier alpha value is -3.08. The largest absolute Gasteiger partial charge is 0.496 e. The van der Waals surface area contributed by atoms with E-state index in [9.17, 15) is 9.59 Å². The highest BCUT2D eigenvalue weighted by Crippen LogP contribution is 2.37. The average molecular weight is 378 g/mol. The van der Waals surface area contributed by atoms with E-state index in [-0.39, 0.29) is 11.8 Å². The SMILES string of the molecule is CCCCCN1C(=O)C(c2ccccc2OC)=C(N(C)c2ccccc2)C1=O. The Morgan fingerprint density at radius 1 is 0.929 bits per heavy atom. The highest BCUT2D eigenvalue weighted by Gasteiger charge is 2.41. The molecule has 0 spiro atoms. The number of para-hydroxylation sites is 2. The number of nitrogens with zero attached hydrogens (tertiary/aromatic N) is 2. The summed E-state index contributed by atoms with van der Waals surface area (Å²) in [7, 11) is 3.39. The first kappa shape index (κ1) is 19.7. The van der Waals surface area contributed by atoms with Gasteiger partial charge in [-0.15, -0.1) is 0 Å². The van der Waals surface area contributed by atoms with Crippen molar-refractivity contribution in [3.8, 4) is 5.75 Å². The molecule has 0 fully saturated rings. The number of imide groups is 1. The molecule has 1 heterocycles. The van der Waals surface area contributed by atoms with Gasteiger partial charge in [0, 0.05) is 24.8 Å². The molecule has 5 heteroatoms. The van der Waals surface area contributed by atoms with E-state index in [0.717, 1.165) is 24.9 Å². The maximum Gasteiger partial charge on any atom is 0.278 e. The molecule has 0 aliphatic carbocycles. The van der Waals surface area contributed by atoms with Gasteiger partial charge in [0.05, 0.1) is 12.7 Å². The van der Waals surface area contributed by atoms with E-state index >= 15 is 0 Å². The van der Waals surface area contributed by atoms with Crippen LogP contribution in [-0.4, -0.2) is 37.4 Å². The highest BCUT2D eigenvalue weighted by atomic mass is 16.5. The zero-order valence-corrected chi connectivity index (χ0v) is 16.6. The lowest BCUT2D eigenvalue weighted by Gasteiger charge is -2.21. The number of likely N-dealkylation sites (N-methyl/N-ethyl adjacent to an activating group) is 1. The Labute approximate surface area is 166 Å². The fraction of sp³-hybridized carbons (Fsp3) is 0.304. The van der Waals surface area contributed by atoms with E-state index in [1.807, 2.05) is 55.6 Å². The summed E-state index contributed by atoms with van der Waals surface area (Å²) in [4.78, 5) is 29.7. The topological polar surface area (TPSA) is 49.9 Å². The number of hydrogen-bond acceptors (Lipinski definition) is 4. The number of hydrogen-bond donors (Lipinski definition) is 0. The lowest BCUT2D eigenvalue weighted by Crippen LogP contribution is -2.35. The van der Waals surface area contributed by atoms with Crippen molar-refractivity contribution >= 4 is 23.1 Å². The van der Waals surface area contributed by atoms with Gasteiger partial charge >= 0.3 is 0 Å². The molecule has 0 bridgehead atoms. The van der Waals surface area contributed by atoms with Crippen LogP contribution in [0.4, 0.5) is 5.69 Å². The lowest BCUT2D eigenvalue weighted by molar-refractivity contribution is -0.136. The number of rotatable bonds is 8. The number of benzene rings is 2. The quantitative estimate of drug-likeness (QED) is 0.513. The lowest BCUT2D eigenvalue weighted by atomic mass is 10.0. The summed E-state index contributed by atoms with van der Waals surface area (Å²) in [5.41, 5.74) is 2.27. The van der Waals surface area contributed by atoms with Crippen LogP contribution < -0.4 is 9.64 Å². The first-order chi connectivity index (χ1) is 13.6. The van der Waals surface area contributed by atoms with Crippen LogP contribution >= 0.6 is 0 Å². The van der Waals surface area contributed by atoms with E-state index in [1.165, 1.54) is 4.90 Å². The van der Waals surface area contributed by atoms with Crippen LogP contribution in [0, 0.1) is 0 Å². The number of carbonyl (C=O) groups excluding carboxylic acids is 2. The van der Waals surface area contributed by atoms with Gasteiger partial charge in [0.25, 0.3) is 11.8 Å². The molecule has 2 aromatic carbocycles. The molecule has 2 aromatic rings.